The van der Waals surface area contributed by atoms with Gasteiger partial charge >= 0.3 is 11.7 Å². The number of hydrogen-bond donors (Lipinski definition) is 1. The molecule has 0 aliphatic heterocycles. The van der Waals surface area contributed by atoms with Crippen LogP contribution in [0.5, 0.6) is 11.6 Å². The summed E-state index contributed by atoms with van der Waals surface area (Å²) in [4.78, 5) is 25.1. The molecule has 2 rings (SSSR count). The Hall–Kier alpha value is -2.67. The van der Waals surface area contributed by atoms with Crippen LogP contribution in [0.4, 0.5) is 5.69 Å². The standard InChI is InChI=1S/C13H9ClN2O5/c1-7-2-3-9(13(17)18)11(4-7)21-12-10(16(19)20)5-8(14)6-15-12/h2-6H,1H3,(H,17,18). The van der Waals surface area contributed by atoms with Crippen LogP contribution in [-0.2, 0) is 0 Å². The van der Waals surface area contributed by atoms with Crippen molar-refractivity contribution in [1.29, 1.82) is 0 Å². The van der Waals surface area contributed by atoms with Crippen molar-refractivity contribution in [2.24, 2.45) is 0 Å². The van der Waals surface area contributed by atoms with Gasteiger partial charge in [0, 0.05) is 6.07 Å². The summed E-state index contributed by atoms with van der Waals surface area (Å²) in [7, 11) is 0. The third-order valence-electron chi connectivity index (χ3n) is 2.57. The molecule has 0 spiro atoms. The van der Waals surface area contributed by atoms with Crippen LogP contribution in [-0.4, -0.2) is 21.0 Å². The van der Waals surface area contributed by atoms with E-state index in [1.807, 2.05) is 0 Å². The molecule has 0 saturated heterocycles. The summed E-state index contributed by atoms with van der Waals surface area (Å²) in [6.45, 7) is 1.74. The number of ether oxygens (including phenoxy) is 1. The number of carboxylic acid groups (broad SMARTS) is 1. The van der Waals surface area contributed by atoms with Gasteiger partial charge in [0.05, 0.1) is 16.1 Å². The van der Waals surface area contributed by atoms with Crippen molar-refractivity contribution in [3.8, 4) is 11.6 Å². The fourth-order valence-electron chi connectivity index (χ4n) is 1.62. The largest absolute Gasteiger partial charge is 0.478 e. The number of pyridine rings is 1. The van der Waals surface area contributed by atoms with E-state index in [4.69, 9.17) is 21.4 Å². The first-order chi connectivity index (χ1) is 9.88. The molecule has 0 amide bonds. The smallest absolute Gasteiger partial charge is 0.339 e. The van der Waals surface area contributed by atoms with E-state index in [0.717, 1.165) is 11.6 Å². The van der Waals surface area contributed by atoms with Gasteiger partial charge in [-0.15, -0.1) is 0 Å². The summed E-state index contributed by atoms with van der Waals surface area (Å²) in [5.74, 6) is -1.56. The first kappa shape index (κ1) is 14.7. The number of carboxylic acids is 1. The van der Waals surface area contributed by atoms with Gasteiger partial charge in [-0.1, -0.05) is 17.7 Å². The Balaban J connectivity index is 2.50. The van der Waals surface area contributed by atoms with Gasteiger partial charge in [0.1, 0.15) is 11.3 Å². The van der Waals surface area contributed by atoms with Crippen LogP contribution in [0.15, 0.2) is 30.5 Å². The highest BCUT2D eigenvalue weighted by atomic mass is 35.5. The number of aryl methyl sites for hydroxylation is 1. The number of nitro groups is 1. The minimum Gasteiger partial charge on any atom is -0.478 e. The summed E-state index contributed by atoms with van der Waals surface area (Å²) < 4.78 is 5.31. The zero-order valence-electron chi connectivity index (χ0n) is 10.7. The number of carbonyl (C=O) groups is 1. The third-order valence-corrected chi connectivity index (χ3v) is 2.78. The maximum absolute atomic E-state index is 11.1. The number of halogens is 1. The monoisotopic (exact) mass is 308 g/mol. The van der Waals surface area contributed by atoms with Crippen molar-refractivity contribution in [2.45, 2.75) is 6.92 Å². The minimum absolute atomic E-state index is 0.0274. The number of nitrogens with zero attached hydrogens (tertiary/aromatic N) is 2. The fraction of sp³-hybridized carbons (Fsp3) is 0.0769. The highest BCUT2D eigenvalue weighted by Crippen LogP contribution is 2.33. The first-order valence-corrected chi connectivity index (χ1v) is 6.08. The molecule has 0 aliphatic rings. The fourth-order valence-corrected chi connectivity index (χ4v) is 1.77. The number of benzene rings is 1. The van der Waals surface area contributed by atoms with E-state index in [9.17, 15) is 14.9 Å². The van der Waals surface area contributed by atoms with Crippen molar-refractivity contribution in [2.75, 3.05) is 0 Å². The molecule has 21 heavy (non-hydrogen) atoms. The van der Waals surface area contributed by atoms with E-state index in [-0.39, 0.29) is 22.2 Å². The van der Waals surface area contributed by atoms with Crippen LogP contribution in [0, 0.1) is 17.0 Å². The van der Waals surface area contributed by atoms with Crippen molar-refractivity contribution in [3.63, 3.8) is 0 Å². The summed E-state index contributed by atoms with van der Waals surface area (Å²) in [5, 5.41) is 20.1. The van der Waals surface area contributed by atoms with E-state index in [0.29, 0.717) is 0 Å². The Labute approximate surface area is 123 Å². The number of aromatic nitrogens is 1. The average molecular weight is 309 g/mol. The Morgan fingerprint density at radius 3 is 2.76 bits per heavy atom. The van der Waals surface area contributed by atoms with Crippen molar-refractivity contribution in [3.05, 3.63) is 56.7 Å². The lowest BCUT2D eigenvalue weighted by molar-refractivity contribution is -0.386. The van der Waals surface area contributed by atoms with Gasteiger partial charge in [-0.2, -0.15) is 0 Å². The molecule has 0 unspecified atom stereocenters. The van der Waals surface area contributed by atoms with Gasteiger partial charge in [-0.3, -0.25) is 10.1 Å². The molecule has 108 valence electrons. The normalized spacial score (nSPS) is 10.2. The number of hydrogen-bond acceptors (Lipinski definition) is 5. The molecule has 8 heteroatoms. The highest BCUT2D eigenvalue weighted by molar-refractivity contribution is 6.30. The van der Waals surface area contributed by atoms with Gasteiger partial charge in [-0.05, 0) is 24.6 Å². The Morgan fingerprint density at radius 1 is 1.43 bits per heavy atom. The molecule has 7 nitrogen and oxygen atoms in total. The van der Waals surface area contributed by atoms with Crippen molar-refractivity contribution < 1.29 is 19.6 Å². The quantitative estimate of drug-likeness (QED) is 0.685. The van der Waals surface area contributed by atoms with Crippen LogP contribution in [0.1, 0.15) is 15.9 Å². The minimum atomic E-state index is -1.21. The van der Waals surface area contributed by atoms with Crippen LogP contribution in [0.25, 0.3) is 0 Å². The SMILES string of the molecule is Cc1ccc(C(=O)O)c(Oc2ncc(Cl)cc2[N+](=O)[O-])c1. The predicted octanol–water partition coefficient (Wildman–Crippen LogP) is 3.44. The van der Waals surface area contributed by atoms with Crippen LogP contribution in [0.2, 0.25) is 5.02 Å². The van der Waals surface area contributed by atoms with E-state index in [2.05, 4.69) is 4.98 Å². The topological polar surface area (TPSA) is 103 Å². The van der Waals surface area contributed by atoms with E-state index in [1.54, 1.807) is 13.0 Å². The molecule has 0 bridgehead atoms. The third kappa shape index (κ3) is 3.26. The lowest BCUT2D eigenvalue weighted by atomic mass is 10.1. The molecule has 1 aromatic carbocycles. The summed E-state index contributed by atoms with van der Waals surface area (Å²) in [6, 6.07) is 5.50. The van der Waals surface area contributed by atoms with Gasteiger partial charge in [0.15, 0.2) is 0 Å². The number of rotatable bonds is 4. The van der Waals surface area contributed by atoms with Gasteiger partial charge in [0.2, 0.25) is 0 Å². The second kappa shape index (κ2) is 5.76. The predicted molar refractivity (Wildman–Crippen MR) is 74.1 cm³/mol. The molecule has 1 aromatic heterocycles. The average Bonchev–Trinajstić information content (AvgIpc) is 2.40. The molecule has 1 heterocycles. The Morgan fingerprint density at radius 2 is 2.14 bits per heavy atom. The number of aromatic carboxylic acids is 1. The highest BCUT2D eigenvalue weighted by Gasteiger charge is 2.21. The van der Waals surface area contributed by atoms with E-state index >= 15 is 0 Å². The molecular formula is C13H9ClN2O5. The summed E-state index contributed by atoms with van der Waals surface area (Å²) in [5.41, 5.74) is 0.179. The zero-order valence-corrected chi connectivity index (χ0v) is 11.5. The van der Waals surface area contributed by atoms with E-state index in [1.165, 1.54) is 18.3 Å². The van der Waals surface area contributed by atoms with Crippen molar-refractivity contribution >= 4 is 23.3 Å². The molecule has 2 aromatic rings. The Bertz CT molecular complexity index is 732. The molecule has 1 N–H and O–H groups in total. The molecule has 0 aliphatic carbocycles. The molecule has 0 fully saturated rings. The lowest BCUT2D eigenvalue weighted by Crippen LogP contribution is -2.02. The van der Waals surface area contributed by atoms with Gasteiger partial charge in [-0.25, -0.2) is 9.78 Å². The zero-order chi connectivity index (χ0) is 15.6. The van der Waals surface area contributed by atoms with Crippen LogP contribution in [0.3, 0.4) is 0 Å². The second-order valence-corrected chi connectivity index (χ2v) is 4.58. The Kier molecular flexibility index (Phi) is 4.04. The summed E-state index contributed by atoms with van der Waals surface area (Å²) in [6.07, 6.45) is 1.18. The molecular weight excluding hydrogens is 300 g/mol. The van der Waals surface area contributed by atoms with E-state index < -0.39 is 16.6 Å². The van der Waals surface area contributed by atoms with Gasteiger partial charge < -0.3 is 9.84 Å². The maximum atomic E-state index is 11.1. The first-order valence-electron chi connectivity index (χ1n) is 5.70. The molecule has 0 saturated carbocycles. The molecule has 0 atom stereocenters. The molecule has 0 radical (unpaired) electrons. The second-order valence-electron chi connectivity index (χ2n) is 4.14. The maximum Gasteiger partial charge on any atom is 0.339 e. The lowest BCUT2D eigenvalue weighted by Gasteiger charge is -2.09. The van der Waals surface area contributed by atoms with Gasteiger partial charge in [0.25, 0.3) is 5.88 Å². The van der Waals surface area contributed by atoms with Crippen LogP contribution < -0.4 is 4.74 Å². The van der Waals surface area contributed by atoms with Crippen molar-refractivity contribution in [1.82, 2.24) is 4.98 Å². The van der Waals surface area contributed by atoms with Crippen LogP contribution >= 0.6 is 11.6 Å². The summed E-state index contributed by atoms with van der Waals surface area (Å²) >= 11 is 5.65.